The van der Waals surface area contributed by atoms with E-state index in [0.29, 0.717) is 5.41 Å². The predicted molar refractivity (Wildman–Crippen MR) is 76.7 cm³/mol. The van der Waals surface area contributed by atoms with Crippen molar-refractivity contribution in [3.05, 3.63) is 23.8 Å². The highest BCUT2D eigenvalue weighted by molar-refractivity contribution is 7.99. The second-order valence-electron chi connectivity index (χ2n) is 5.63. The first-order valence-electron chi connectivity index (χ1n) is 6.84. The molecule has 3 rings (SSSR count). The molecule has 1 spiro atoms. The van der Waals surface area contributed by atoms with Crippen LogP contribution < -0.4 is 10.1 Å². The van der Waals surface area contributed by atoms with Crippen LogP contribution in [0.4, 0.5) is 0 Å². The molecule has 18 heavy (non-hydrogen) atoms. The Balaban J connectivity index is 1.98. The predicted octanol–water partition coefficient (Wildman–Crippen LogP) is 3.20. The van der Waals surface area contributed by atoms with Crippen molar-refractivity contribution < 1.29 is 4.74 Å². The molecular weight excluding hydrogens is 242 g/mol. The van der Waals surface area contributed by atoms with Crippen LogP contribution in [-0.2, 0) is 5.41 Å². The molecule has 0 aliphatic carbocycles. The SMILES string of the molecule is CC(C)Oc1ccc2c(c1)C1(CCNC1)CCS2. The Morgan fingerprint density at radius 2 is 2.22 bits per heavy atom. The van der Waals surface area contributed by atoms with E-state index >= 15 is 0 Å². The minimum Gasteiger partial charge on any atom is -0.491 e. The molecule has 1 fully saturated rings. The van der Waals surface area contributed by atoms with Gasteiger partial charge in [0.15, 0.2) is 0 Å². The molecule has 1 atom stereocenters. The van der Waals surface area contributed by atoms with Gasteiger partial charge in [-0.25, -0.2) is 0 Å². The van der Waals surface area contributed by atoms with Crippen LogP contribution in [0.3, 0.4) is 0 Å². The number of hydrogen-bond acceptors (Lipinski definition) is 3. The van der Waals surface area contributed by atoms with Gasteiger partial charge in [-0.1, -0.05) is 0 Å². The molecular formula is C15H21NOS. The summed E-state index contributed by atoms with van der Waals surface area (Å²) in [4.78, 5) is 1.46. The molecule has 98 valence electrons. The molecule has 1 saturated heterocycles. The first-order chi connectivity index (χ1) is 8.70. The molecule has 1 unspecified atom stereocenters. The van der Waals surface area contributed by atoms with Crippen molar-refractivity contribution in [3.8, 4) is 5.75 Å². The van der Waals surface area contributed by atoms with Crippen molar-refractivity contribution in [2.45, 2.75) is 43.1 Å². The van der Waals surface area contributed by atoms with Crippen LogP contribution in [-0.4, -0.2) is 24.9 Å². The Morgan fingerprint density at radius 1 is 1.33 bits per heavy atom. The highest BCUT2D eigenvalue weighted by atomic mass is 32.2. The Morgan fingerprint density at radius 3 is 2.94 bits per heavy atom. The third kappa shape index (κ3) is 2.14. The third-order valence-corrected chi connectivity index (χ3v) is 5.05. The summed E-state index contributed by atoms with van der Waals surface area (Å²) in [5, 5.41) is 3.53. The Labute approximate surface area is 113 Å². The average molecular weight is 263 g/mol. The monoisotopic (exact) mass is 263 g/mol. The van der Waals surface area contributed by atoms with Crippen LogP contribution in [0.2, 0.25) is 0 Å². The fourth-order valence-electron chi connectivity index (χ4n) is 3.07. The Hall–Kier alpha value is -0.670. The van der Waals surface area contributed by atoms with Gasteiger partial charge in [-0.2, -0.15) is 0 Å². The molecule has 1 N–H and O–H groups in total. The van der Waals surface area contributed by atoms with E-state index in [2.05, 4.69) is 37.4 Å². The van der Waals surface area contributed by atoms with Gasteiger partial charge in [0.05, 0.1) is 6.10 Å². The number of rotatable bonds is 2. The van der Waals surface area contributed by atoms with E-state index < -0.39 is 0 Å². The topological polar surface area (TPSA) is 21.3 Å². The van der Waals surface area contributed by atoms with Gasteiger partial charge >= 0.3 is 0 Å². The van der Waals surface area contributed by atoms with Crippen molar-refractivity contribution in [1.29, 1.82) is 0 Å². The fourth-order valence-corrected chi connectivity index (χ4v) is 4.38. The van der Waals surface area contributed by atoms with Gasteiger partial charge in [0.2, 0.25) is 0 Å². The van der Waals surface area contributed by atoms with Crippen LogP contribution in [0.1, 0.15) is 32.3 Å². The van der Waals surface area contributed by atoms with Gasteiger partial charge in [0.1, 0.15) is 5.75 Å². The van der Waals surface area contributed by atoms with Crippen molar-refractivity contribution in [3.63, 3.8) is 0 Å². The van der Waals surface area contributed by atoms with Crippen LogP contribution >= 0.6 is 11.8 Å². The highest BCUT2D eigenvalue weighted by Crippen LogP contribution is 2.46. The first-order valence-corrected chi connectivity index (χ1v) is 7.83. The van der Waals surface area contributed by atoms with E-state index in [4.69, 9.17) is 4.74 Å². The maximum Gasteiger partial charge on any atom is 0.120 e. The lowest BCUT2D eigenvalue weighted by Gasteiger charge is -2.35. The Bertz CT molecular complexity index is 438. The zero-order chi connectivity index (χ0) is 12.6. The van der Waals surface area contributed by atoms with Crippen LogP contribution in [0.25, 0.3) is 0 Å². The van der Waals surface area contributed by atoms with E-state index in [1.54, 1.807) is 0 Å². The zero-order valence-electron chi connectivity index (χ0n) is 11.2. The molecule has 0 radical (unpaired) electrons. The van der Waals surface area contributed by atoms with Gasteiger partial charge in [0.25, 0.3) is 0 Å². The van der Waals surface area contributed by atoms with Crippen molar-refractivity contribution in [2.24, 2.45) is 0 Å². The summed E-state index contributed by atoms with van der Waals surface area (Å²) in [7, 11) is 0. The van der Waals surface area contributed by atoms with Gasteiger partial charge in [-0.3, -0.25) is 0 Å². The standard InChI is InChI=1S/C15H21NOS/c1-11(2)17-12-3-4-14-13(9-12)15(6-8-18-14)5-7-16-10-15/h3-4,9,11,16H,5-8,10H2,1-2H3. The van der Waals surface area contributed by atoms with E-state index in [1.807, 2.05) is 11.8 Å². The van der Waals surface area contributed by atoms with Crippen LogP contribution in [0.5, 0.6) is 5.75 Å². The van der Waals surface area contributed by atoms with Crippen LogP contribution in [0.15, 0.2) is 23.1 Å². The maximum absolute atomic E-state index is 5.85. The largest absolute Gasteiger partial charge is 0.491 e. The molecule has 3 heteroatoms. The lowest BCUT2D eigenvalue weighted by Crippen LogP contribution is -2.32. The minimum absolute atomic E-state index is 0.247. The van der Waals surface area contributed by atoms with Gasteiger partial charge < -0.3 is 10.1 Å². The Kier molecular flexibility index (Phi) is 3.29. The molecule has 2 aliphatic heterocycles. The number of hydrogen-bond donors (Lipinski definition) is 1. The third-order valence-electron chi connectivity index (χ3n) is 3.98. The van der Waals surface area contributed by atoms with Crippen molar-refractivity contribution in [1.82, 2.24) is 5.32 Å². The molecule has 0 amide bonds. The molecule has 0 bridgehead atoms. The summed E-state index contributed by atoms with van der Waals surface area (Å²) in [5.74, 6) is 2.27. The molecule has 1 aromatic carbocycles. The summed E-state index contributed by atoms with van der Waals surface area (Å²) in [5.41, 5.74) is 1.89. The van der Waals surface area contributed by atoms with Gasteiger partial charge in [-0.15, -0.1) is 11.8 Å². The zero-order valence-corrected chi connectivity index (χ0v) is 12.0. The summed E-state index contributed by atoms with van der Waals surface area (Å²) < 4.78 is 5.85. The second-order valence-corrected chi connectivity index (χ2v) is 6.77. The van der Waals surface area contributed by atoms with E-state index in [-0.39, 0.29) is 6.10 Å². The molecule has 1 aromatic rings. The highest BCUT2D eigenvalue weighted by Gasteiger charge is 2.39. The molecule has 0 saturated carbocycles. The fraction of sp³-hybridized carbons (Fsp3) is 0.600. The summed E-state index contributed by atoms with van der Waals surface area (Å²) >= 11 is 1.99. The van der Waals surface area contributed by atoms with E-state index in [1.165, 1.54) is 29.1 Å². The van der Waals surface area contributed by atoms with Gasteiger partial charge in [0, 0.05) is 16.9 Å². The van der Waals surface area contributed by atoms with E-state index in [0.717, 1.165) is 18.8 Å². The lowest BCUT2D eigenvalue weighted by molar-refractivity contribution is 0.241. The maximum atomic E-state index is 5.85. The average Bonchev–Trinajstić information content (AvgIpc) is 2.79. The summed E-state index contributed by atoms with van der Waals surface area (Å²) in [6.07, 6.45) is 2.81. The number of nitrogens with one attached hydrogen (secondary N) is 1. The minimum atomic E-state index is 0.247. The summed E-state index contributed by atoms with van der Waals surface area (Å²) in [6, 6.07) is 6.65. The van der Waals surface area contributed by atoms with Crippen molar-refractivity contribution in [2.75, 3.05) is 18.8 Å². The molecule has 2 heterocycles. The van der Waals surface area contributed by atoms with E-state index in [9.17, 15) is 0 Å². The van der Waals surface area contributed by atoms with Gasteiger partial charge in [-0.05, 0) is 62.7 Å². The number of benzene rings is 1. The molecule has 2 nitrogen and oxygen atoms in total. The number of fused-ring (bicyclic) bond motifs is 2. The number of thioether (sulfide) groups is 1. The smallest absolute Gasteiger partial charge is 0.120 e. The normalized spacial score (nSPS) is 26.6. The molecule has 2 aliphatic rings. The number of ether oxygens (including phenoxy) is 1. The quantitative estimate of drug-likeness (QED) is 0.885. The van der Waals surface area contributed by atoms with Crippen molar-refractivity contribution >= 4 is 11.8 Å². The van der Waals surface area contributed by atoms with Crippen LogP contribution in [0, 0.1) is 0 Å². The summed E-state index contributed by atoms with van der Waals surface area (Å²) in [6.45, 7) is 6.45. The lowest BCUT2D eigenvalue weighted by atomic mass is 9.77. The second kappa shape index (κ2) is 4.78. The first kappa shape index (κ1) is 12.4. The molecule has 0 aromatic heterocycles.